The molecule has 0 nitrogen and oxygen atoms in total. The molecular formula is C57H54Cl2F6Zr-2. The number of benzene rings is 6. The first-order chi connectivity index (χ1) is 29.9. The Hall–Kier alpha value is -4.42. The molecule has 0 N–H and O–H groups in total. The van der Waals surface area contributed by atoms with Gasteiger partial charge in [0.1, 0.15) is 0 Å². The Morgan fingerprint density at radius 3 is 1.21 bits per heavy atom. The molecule has 7 aromatic carbocycles. The maximum Gasteiger partial charge on any atom is -1.00 e. The molecule has 7 aromatic rings. The van der Waals surface area contributed by atoms with E-state index in [1.165, 1.54) is 113 Å². The Balaban J connectivity index is 0.000000238. The molecule has 0 saturated carbocycles. The van der Waals surface area contributed by atoms with E-state index in [4.69, 9.17) is 0 Å². The third kappa shape index (κ3) is 12.8. The topological polar surface area (TPSA) is 0 Å². The minimum absolute atomic E-state index is 0. The molecule has 1 aliphatic rings. The molecule has 344 valence electrons. The van der Waals surface area contributed by atoms with Gasteiger partial charge in [-0.1, -0.05) is 116 Å². The maximum absolute atomic E-state index is 12.5. The van der Waals surface area contributed by atoms with E-state index in [9.17, 15) is 26.3 Å². The minimum atomic E-state index is -4.41. The molecule has 8 rings (SSSR count). The number of hydrogen-bond acceptors (Lipinski definition) is 0. The number of alkyl halides is 6. The average molecular weight is 1020 g/mol. The number of fused-ring (bicyclic) bond motifs is 3. The molecule has 0 saturated heterocycles. The van der Waals surface area contributed by atoms with E-state index in [0.29, 0.717) is 25.7 Å². The van der Waals surface area contributed by atoms with Gasteiger partial charge >= 0.3 is 137 Å². The van der Waals surface area contributed by atoms with Gasteiger partial charge in [0.2, 0.25) is 0 Å². The molecular weight excluding hydrogens is 961 g/mol. The summed E-state index contributed by atoms with van der Waals surface area (Å²) in [6, 6.07) is 34.5. The van der Waals surface area contributed by atoms with Crippen molar-refractivity contribution in [3.05, 3.63) is 195 Å². The van der Waals surface area contributed by atoms with Crippen LogP contribution in [0.25, 0.3) is 43.8 Å². The fourth-order valence-electron chi connectivity index (χ4n) is 8.63. The second-order valence-electron chi connectivity index (χ2n) is 18.0. The van der Waals surface area contributed by atoms with Crippen LogP contribution in [0.3, 0.4) is 0 Å². The zero-order chi connectivity index (χ0) is 46.9. The van der Waals surface area contributed by atoms with Crippen LogP contribution in [0.4, 0.5) is 26.3 Å². The first-order valence-electron chi connectivity index (χ1n) is 21.5. The summed E-state index contributed by atoms with van der Waals surface area (Å²) >= 11 is 0.898. The van der Waals surface area contributed by atoms with Crippen LogP contribution in [0.5, 0.6) is 0 Å². The number of aryl methyl sites for hydroxylation is 6. The predicted molar refractivity (Wildman–Crippen MR) is 252 cm³/mol. The number of rotatable bonds is 5. The summed E-state index contributed by atoms with van der Waals surface area (Å²) < 4.78 is 75.6. The van der Waals surface area contributed by atoms with Gasteiger partial charge in [-0.05, 0) is 74.9 Å². The van der Waals surface area contributed by atoms with Gasteiger partial charge in [0, 0.05) is 0 Å². The maximum atomic E-state index is 12.5. The molecule has 1 unspecified atom stereocenters. The van der Waals surface area contributed by atoms with Gasteiger partial charge in [0.15, 0.2) is 0 Å². The van der Waals surface area contributed by atoms with E-state index in [2.05, 4.69) is 154 Å². The molecule has 0 spiro atoms. The van der Waals surface area contributed by atoms with Gasteiger partial charge in [-0.3, -0.25) is 6.08 Å². The molecule has 9 heteroatoms. The third-order valence-corrected chi connectivity index (χ3v) is 13.2. The van der Waals surface area contributed by atoms with E-state index in [1.54, 1.807) is 0 Å². The molecule has 0 aromatic heterocycles. The van der Waals surface area contributed by atoms with Gasteiger partial charge in [-0.2, -0.15) is 11.6 Å². The molecule has 1 aliphatic carbocycles. The molecule has 0 heterocycles. The van der Waals surface area contributed by atoms with Crippen LogP contribution >= 0.6 is 0 Å². The van der Waals surface area contributed by atoms with Crippen molar-refractivity contribution >= 4 is 24.8 Å². The quantitative estimate of drug-likeness (QED) is 0.119. The van der Waals surface area contributed by atoms with E-state index in [-0.39, 0.29) is 24.8 Å². The Labute approximate surface area is 413 Å². The standard InChI is InChI=1S/C31H29.C15H8F6.C11H17.2ClH.Zr/c1-18-11-20(3)30(21(4)12-18)24-7-9-28-26(15-24)17-27-16-25(8-10-29(27)28)31-22(5)13-19(2)14-23(31)6;16-14(17,18)12-5-1-10(2-6-12)9-11-3-7-13(8-4-11)15(19,20)21;1-5-9-6-7-10(8-9)11(2,3)4;;;/h7-17H,1-6H3;1-8H;7-9H,5H2,1-4H3;2*1H;/q-1;;-1;;;+2/p-2. The van der Waals surface area contributed by atoms with Gasteiger partial charge in [0.05, 0.1) is 0 Å². The second-order valence-corrected chi connectivity index (χ2v) is 19.2. The Bertz CT molecular complexity index is 2670. The minimum Gasteiger partial charge on any atom is -1.00 e. The molecule has 0 bridgehead atoms. The summed E-state index contributed by atoms with van der Waals surface area (Å²) in [5.41, 5.74) is 14.7. The SMILES string of the molecule is CCC1[C-]=CC(C(C)(C)C)=C1.Cc1cc(C)c(-c2ccc3c(c2)[cH-]c2cc(-c4c(C)cc(C)cc4C)ccc23)c(C)c1.FC(F)(F)c1ccc([C](=[Zr+2])c2ccc(C(F)(F)F)cc2)cc1.[Cl-].[Cl-]. The van der Waals surface area contributed by atoms with Crippen LogP contribution in [0.15, 0.2) is 133 Å². The van der Waals surface area contributed by atoms with Crippen molar-refractivity contribution in [2.75, 3.05) is 0 Å². The Kier molecular flexibility index (Phi) is 17.8. The monoisotopic (exact) mass is 1010 g/mol. The van der Waals surface area contributed by atoms with Gasteiger partial charge in [-0.15, -0.1) is 39.7 Å². The Morgan fingerprint density at radius 1 is 0.561 bits per heavy atom. The van der Waals surface area contributed by atoms with Crippen LogP contribution in [-0.4, -0.2) is 3.21 Å². The van der Waals surface area contributed by atoms with Crippen molar-refractivity contribution in [3.8, 4) is 22.3 Å². The molecule has 0 radical (unpaired) electrons. The van der Waals surface area contributed by atoms with Crippen LogP contribution in [0.2, 0.25) is 0 Å². The third-order valence-electron chi connectivity index (χ3n) is 11.8. The number of hydrogen-bond donors (Lipinski definition) is 0. The van der Waals surface area contributed by atoms with Crippen molar-refractivity contribution in [3.63, 3.8) is 0 Å². The second kappa shape index (κ2) is 21.7. The van der Waals surface area contributed by atoms with Gasteiger partial charge < -0.3 is 24.8 Å². The zero-order valence-electron chi connectivity index (χ0n) is 38.9. The molecule has 66 heavy (non-hydrogen) atoms. The fraction of sp³-hybridized carbons (Fsp3) is 0.263. The van der Waals surface area contributed by atoms with E-state index in [1.807, 2.05) is 0 Å². The van der Waals surface area contributed by atoms with Crippen molar-refractivity contribution in [1.29, 1.82) is 0 Å². The molecule has 0 amide bonds. The summed E-state index contributed by atoms with van der Waals surface area (Å²) in [6.45, 7) is 22.2. The smallest absolute Gasteiger partial charge is 1.00 e. The molecule has 0 aliphatic heterocycles. The summed E-state index contributed by atoms with van der Waals surface area (Å²) in [5, 5.41) is 5.32. The van der Waals surface area contributed by atoms with E-state index in [0.717, 1.165) is 48.5 Å². The largest absolute Gasteiger partial charge is 1.00 e. The average Bonchev–Trinajstić information content (AvgIpc) is 3.85. The fourth-order valence-corrected chi connectivity index (χ4v) is 9.45. The van der Waals surface area contributed by atoms with Gasteiger partial charge in [0.25, 0.3) is 0 Å². The zero-order valence-corrected chi connectivity index (χ0v) is 42.9. The summed E-state index contributed by atoms with van der Waals surface area (Å²) in [4.78, 5) is 0. The van der Waals surface area contributed by atoms with Crippen molar-refractivity contribution in [1.82, 2.24) is 0 Å². The molecule has 1 atom stereocenters. The van der Waals surface area contributed by atoms with Crippen LogP contribution in [0.1, 0.15) is 89.8 Å². The van der Waals surface area contributed by atoms with E-state index >= 15 is 0 Å². The predicted octanol–water partition coefficient (Wildman–Crippen LogP) is 11.1. The van der Waals surface area contributed by atoms with Crippen molar-refractivity contribution in [2.45, 2.75) is 88.0 Å². The van der Waals surface area contributed by atoms with Gasteiger partial charge in [-0.25, -0.2) is 6.08 Å². The first-order valence-corrected chi connectivity index (χ1v) is 22.7. The van der Waals surface area contributed by atoms with Crippen LogP contribution in [0, 0.1) is 59.0 Å². The van der Waals surface area contributed by atoms with Crippen LogP contribution < -0.4 is 24.8 Å². The first kappa shape index (κ1) is 54.2. The number of allylic oxidation sites excluding steroid dienone is 4. The molecule has 0 fully saturated rings. The van der Waals surface area contributed by atoms with Crippen molar-refractivity contribution in [2.24, 2.45) is 11.3 Å². The summed E-state index contributed by atoms with van der Waals surface area (Å²) in [6.07, 6.45) is 0.185. The van der Waals surface area contributed by atoms with E-state index < -0.39 is 23.5 Å². The van der Waals surface area contributed by atoms with Crippen molar-refractivity contribution < 1.29 is 75.4 Å². The normalized spacial score (nSPS) is 13.5. The number of halogens is 8. The summed E-state index contributed by atoms with van der Waals surface area (Å²) in [7, 11) is 0. The Morgan fingerprint density at radius 2 is 0.924 bits per heavy atom. The van der Waals surface area contributed by atoms with Crippen LogP contribution in [-0.2, 0) is 36.6 Å². The summed E-state index contributed by atoms with van der Waals surface area (Å²) in [5.74, 6) is 0.573.